The topological polar surface area (TPSA) is 42.3 Å². The number of nitrogens with zero attached hydrogens (tertiary/aromatic N) is 3. The summed E-state index contributed by atoms with van der Waals surface area (Å²) in [5.74, 6) is 1.30. The lowest BCUT2D eigenvalue weighted by molar-refractivity contribution is 0.199. The third kappa shape index (κ3) is 3.98. The van der Waals surface area contributed by atoms with Gasteiger partial charge in [-0.15, -0.1) is 0 Å². The Kier molecular flexibility index (Phi) is 6.06. The van der Waals surface area contributed by atoms with E-state index in [1.54, 1.807) is 7.11 Å². The summed E-state index contributed by atoms with van der Waals surface area (Å²) >= 11 is 0. The zero-order valence-electron chi connectivity index (χ0n) is 14.0. The van der Waals surface area contributed by atoms with Crippen LogP contribution in [0.3, 0.4) is 0 Å². The van der Waals surface area contributed by atoms with E-state index in [0.29, 0.717) is 6.04 Å². The van der Waals surface area contributed by atoms with Crippen LogP contribution >= 0.6 is 0 Å². The Bertz CT molecular complexity index is 444. The van der Waals surface area contributed by atoms with E-state index in [1.165, 1.54) is 37.1 Å². The highest BCUT2D eigenvalue weighted by molar-refractivity contribution is 5.51. The number of aromatic nitrogens is 2. The Balaban J connectivity index is 2.16. The third-order valence-electron chi connectivity index (χ3n) is 4.42. The molecule has 1 aromatic rings. The van der Waals surface area contributed by atoms with Crippen LogP contribution in [0.15, 0.2) is 0 Å². The number of ether oxygens (including phenoxy) is 1. The first-order valence-electron chi connectivity index (χ1n) is 8.14. The summed E-state index contributed by atoms with van der Waals surface area (Å²) < 4.78 is 7.16. The molecule has 21 heavy (non-hydrogen) atoms. The van der Waals surface area contributed by atoms with Gasteiger partial charge in [0.1, 0.15) is 5.82 Å². The fourth-order valence-electron chi connectivity index (χ4n) is 3.23. The van der Waals surface area contributed by atoms with Crippen molar-refractivity contribution in [2.45, 2.75) is 52.1 Å². The van der Waals surface area contributed by atoms with Crippen LogP contribution in [-0.2, 0) is 18.3 Å². The highest BCUT2D eigenvalue weighted by Gasteiger charge is 2.24. The van der Waals surface area contributed by atoms with Gasteiger partial charge in [0.2, 0.25) is 0 Å². The van der Waals surface area contributed by atoms with Crippen molar-refractivity contribution in [2.24, 2.45) is 7.05 Å². The number of methoxy groups -OCH3 is 1. The smallest absolute Gasteiger partial charge is 0.131 e. The Morgan fingerprint density at radius 2 is 2.14 bits per heavy atom. The number of aryl methyl sites for hydroxylation is 2. The van der Waals surface area contributed by atoms with Crippen LogP contribution < -0.4 is 10.2 Å². The largest absolute Gasteiger partial charge is 0.383 e. The predicted molar refractivity (Wildman–Crippen MR) is 86.8 cm³/mol. The molecule has 1 unspecified atom stereocenters. The molecule has 5 nitrogen and oxygen atoms in total. The second kappa shape index (κ2) is 7.80. The molecular formula is C16H30N4O. The summed E-state index contributed by atoms with van der Waals surface area (Å²) in [5.41, 5.74) is 2.47. The van der Waals surface area contributed by atoms with E-state index < -0.39 is 0 Å². The molecule has 0 aromatic carbocycles. The number of hydrogen-bond acceptors (Lipinski definition) is 4. The second-order valence-corrected chi connectivity index (χ2v) is 6.07. The quantitative estimate of drug-likeness (QED) is 0.817. The minimum absolute atomic E-state index is 0.597. The molecule has 5 heteroatoms. The van der Waals surface area contributed by atoms with Crippen LogP contribution in [0.2, 0.25) is 0 Å². The number of hydrogen-bond donors (Lipinski definition) is 1. The molecule has 0 spiro atoms. The molecule has 1 N–H and O–H groups in total. The van der Waals surface area contributed by atoms with Gasteiger partial charge in [0.15, 0.2) is 0 Å². The van der Waals surface area contributed by atoms with E-state index >= 15 is 0 Å². The van der Waals surface area contributed by atoms with Gasteiger partial charge in [-0.2, -0.15) is 5.10 Å². The van der Waals surface area contributed by atoms with E-state index in [1.807, 2.05) is 0 Å². The lowest BCUT2D eigenvalue weighted by atomic mass is 10.1. The van der Waals surface area contributed by atoms with Crippen molar-refractivity contribution in [3.63, 3.8) is 0 Å². The van der Waals surface area contributed by atoms with Crippen molar-refractivity contribution >= 4 is 5.82 Å². The van der Waals surface area contributed by atoms with Gasteiger partial charge in [0.05, 0.1) is 12.3 Å². The average molecular weight is 294 g/mol. The molecule has 120 valence electrons. The third-order valence-corrected chi connectivity index (χ3v) is 4.42. The molecule has 0 saturated carbocycles. The summed E-state index contributed by atoms with van der Waals surface area (Å²) in [7, 11) is 3.81. The van der Waals surface area contributed by atoms with Crippen LogP contribution in [0.4, 0.5) is 5.82 Å². The number of nitrogens with one attached hydrogen (secondary N) is 1. The molecule has 2 heterocycles. The maximum atomic E-state index is 5.10. The van der Waals surface area contributed by atoms with E-state index in [9.17, 15) is 0 Å². The molecular weight excluding hydrogens is 264 g/mol. The van der Waals surface area contributed by atoms with E-state index in [0.717, 1.165) is 31.9 Å². The van der Waals surface area contributed by atoms with Gasteiger partial charge >= 0.3 is 0 Å². The van der Waals surface area contributed by atoms with E-state index in [4.69, 9.17) is 4.74 Å². The Morgan fingerprint density at radius 3 is 2.90 bits per heavy atom. The first-order chi connectivity index (χ1) is 10.1. The summed E-state index contributed by atoms with van der Waals surface area (Å²) in [6, 6.07) is 0.597. The molecule has 1 aromatic heterocycles. The van der Waals surface area contributed by atoms with Crippen molar-refractivity contribution in [3.8, 4) is 0 Å². The Hall–Kier alpha value is -1.07. The van der Waals surface area contributed by atoms with E-state index in [-0.39, 0.29) is 0 Å². The zero-order valence-corrected chi connectivity index (χ0v) is 14.0. The zero-order chi connectivity index (χ0) is 15.2. The van der Waals surface area contributed by atoms with Gasteiger partial charge in [-0.05, 0) is 26.7 Å². The fraction of sp³-hybridized carbons (Fsp3) is 0.812. The highest BCUT2D eigenvalue weighted by Crippen LogP contribution is 2.28. The van der Waals surface area contributed by atoms with E-state index in [2.05, 4.69) is 40.9 Å². The normalized spacial score (nSPS) is 19.8. The molecule has 1 atom stereocenters. The average Bonchev–Trinajstić information content (AvgIpc) is 2.62. The minimum atomic E-state index is 0.597. The molecule has 1 aliphatic rings. The monoisotopic (exact) mass is 294 g/mol. The maximum Gasteiger partial charge on any atom is 0.131 e. The Labute approximate surface area is 128 Å². The van der Waals surface area contributed by atoms with Gasteiger partial charge < -0.3 is 15.0 Å². The van der Waals surface area contributed by atoms with Crippen LogP contribution in [-0.4, -0.2) is 42.6 Å². The lowest BCUT2D eigenvalue weighted by Crippen LogP contribution is -2.35. The Morgan fingerprint density at radius 1 is 1.33 bits per heavy atom. The van der Waals surface area contributed by atoms with Crippen molar-refractivity contribution in [1.82, 2.24) is 15.1 Å². The van der Waals surface area contributed by atoms with Gasteiger partial charge in [-0.25, -0.2) is 0 Å². The second-order valence-electron chi connectivity index (χ2n) is 6.07. The van der Waals surface area contributed by atoms with Crippen LogP contribution in [0.25, 0.3) is 0 Å². The van der Waals surface area contributed by atoms with Crippen molar-refractivity contribution in [2.75, 3.05) is 31.7 Å². The number of anilines is 1. The molecule has 1 fully saturated rings. The minimum Gasteiger partial charge on any atom is -0.383 e. The van der Waals surface area contributed by atoms with Crippen LogP contribution in [0.5, 0.6) is 0 Å². The maximum absolute atomic E-state index is 5.10. The van der Waals surface area contributed by atoms with Gasteiger partial charge in [0.25, 0.3) is 0 Å². The van der Waals surface area contributed by atoms with Gasteiger partial charge in [-0.3, -0.25) is 4.68 Å². The molecule has 1 saturated heterocycles. The highest BCUT2D eigenvalue weighted by atomic mass is 16.5. The van der Waals surface area contributed by atoms with Crippen LogP contribution in [0, 0.1) is 6.92 Å². The summed E-state index contributed by atoms with van der Waals surface area (Å²) in [6.45, 7) is 8.08. The molecule has 0 bridgehead atoms. The molecule has 0 radical (unpaired) electrons. The summed E-state index contributed by atoms with van der Waals surface area (Å²) in [4.78, 5) is 2.56. The summed E-state index contributed by atoms with van der Waals surface area (Å²) in [6.07, 6.45) is 5.25. The van der Waals surface area contributed by atoms with Gasteiger partial charge in [0, 0.05) is 45.4 Å². The standard InChI is InChI=1S/C16H30N4O/c1-13-8-6-5-7-10-20(13)16-15(12-17-9-11-21-4)14(2)18-19(16)3/h13,17H,5-12H2,1-4H3. The molecule has 1 aliphatic heterocycles. The van der Waals surface area contributed by atoms with Crippen molar-refractivity contribution < 1.29 is 4.74 Å². The summed E-state index contributed by atoms with van der Waals surface area (Å²) in [5, 5.41) is 8.12. The molecule has 0 aliphatic carbocycles. The van der Waals surface area contributed by atoms with Crippen molar-refractivity contribution in [3.05, 3.63) is 11.3 Å². The van der Waals surface area contributed by atoms with Gasteiger partial charge in [-0.1, -0.05) is 12.8 Å². The number of rotatable bonds is 6. The predicted octanol–water partition coefficient (Wildman–Crippen LogP) is 2.23. The first-order valence-corrected chi connectivity index (χ1v) is 8.14. The lowest BCUT2D eigenvalue weighted by Gasteiger charge is -2.30. The van der Waals surface area contributed by atoms with Crippen molar-refractivity contribution in [1.29, 1.82) is 0 Å². The fourth-order valence-corrected chi connectivity index (χ4v) is 3.23. The SMILES string of the molecule is COCCNCc1c(C)nn(C)c1N1CCCCCC1C. The van der Waals surface area contributed by atoms with Crippen LogP contribution in [0.1, 0.15) is 43.9 Å². The molecule has 2 rings (SSSR count). The molecule has 0 amide bonds. The first kappa shape index (κ1) is 16.3.